The van der Waals surface area contributed by atoms with Crippen molar-refractivity contribution in [3.8, 4) is 5.75 Å². The Labute approximate surface area is 192 Å². The van der Waals surface area contributed by atoms with Crippen molar-refractivity contribution >= 4 is 28.3 Å². The average molecular weight is 472 g/mol. The normalized spacial score (nSPS) is 18.8. The van der Waals surface area contributed by atoms with Crippen molar-refractivity contribution in [1.29, 1.82) is 0 Å². The second-order valence-electron chi connectivity index (χ2n) is 8.42. The number of imidazole rings is 1. The Balaban J connectivity index is 1.21. The van der Waals surface area contributed by atoms with E-state index in [9.17, 15) is 18.0 Å². The minimum absolute atomic E-state index is 0.0125. The molecule has 0 bridgehead atoms. The van der Waals surface area contributed by atoms with Crippen LogP contribution >= 0.6 is 0 Å². The van der Waals surface area contributed by atoms with E-state index in [2.05, 4.69) is 15.6 Å². The summed E-state index contributed by atoms with van der Waals surface area (Å²) in [5, 5.41) is 7.15. The van der Waals surface area contributed by atoms with Crippen LogP contribution in [0.25, 0.3) is 16.6 Å². The Bertz CT molecular complexity index is 1340. The molecule has 7 nitrogen and oxygen atoms in total. The van der Waals surface area contributed by atoms with Gasteiger partial charge in [-0.15, -0.1) is 0 Å². The highest BCUT2D eigenvalue weighted by molar-refractivity contribution is 5.97. The van der Waals surface area contributed by atoms with Crippen LogP contribution in [0.3, 0.4) is 0 Å². The summed E-state index contributed by atoms with van der Waals surface area (Å²) in [6, 6.07) is 12.2. The van der Waals surface area contributed by atoms with Crippen molar-refractivity contribution < 1.29 is 27.1 Å². The maximum Gasteiger partial charge on any atom is 0.434 e. The molecule has 1 fully saturated rings. The van der Waals surface area contributed by atoms with Gasteiger partial charge in [-0.05, 0) is 49.9 Å². The molecule has 178 valence electrons. The Hall–Kier alpha value is -3.69. The third-order valence-corrected chi connectivity index (χ3v) is 6.15. The lowest BCUT2D eigenvalue weighted by molar-refractivity contribution is -0.140. The number of benzene rings is 1. The summed E-state index contributed by atoms with van der Waals surface area (Å²) in [5.74, 6) is 1.08. The number of fused-ring (bicyclic) bond motifs is 2. The molecule has 1 aromatic carbocycles. The molecule has 10 heteroatoms. The van der Waals surface area contributed by atoms with E-state index in [-0.39, 0.29) is 29.4 Å². The molecule has 4 aromatic rings. The van der Waals surface area contributed by atoms with Crippen LogP contribution in [0, 0.1) is 0 Å². The van der Waals surface area contributed by atoms with Crippen LogP contribution in [-0.4, -0.2) is 34.5 Å². The molecule has 0 saturated heterocycles. The SMILES string of the molecule is COc1cccc2cc(C(=O)N[C@H]3CC[C@@H](Nc4cccc5nc(C(F)(F)F)cn45)CC3)oc12. The quantitative estimate of drug-likeness (QED) is 0.414. The first-order valence-electron chi connectivity index (χ1n) is 11.0. The lowest BCUT2D eigenvalue weighted by atomic mass is 9.91. The molecule has 1 saturated carbocycles. The molecule has 2 N–H and O–H groups in total. The van der Waals surface area contributed by atoms with E-state index in [0.29, 0.717) is 17.2 Å². The molecule has 1 amide bonds. The molecule has 0 spiro atoms. The lowest BCUT2D eigenvalue weighted by Crippen LogP contribution is -2.40. The Morgan fingerprint density at radius 3 is 2.59 bits per heavy atom. The number of nitrogens with one attached hydrogen (secondary N) is 2. The summed E-state index contributed by atoms with van der Waals surface area (Å²) in [5.41, 5.74) is -0.150. The van der Waals surface area contributed by atoms with E-state index < -0.39 is 11.9 Å². The van der Waals surface area contributed by atoms with Gasteiger partial charge in [0.2, 0.25) is 0 Å². The summed E-state index contributed by atoms with van der Waals surface area (Å²) in [6.07, 6.45) is -0.496. The van der Waals surface area contributed by atoms with Crippen molar-refractivity contribution in [3.05, 3.63) is 60.1 Å². The number of alkyl halides is 3. The second-order valence-corrected chi connectivity index (χ2v) is 8.42. The minimum Gasteiger partial charge on any atom is -0.493 e. The number of hydrogen-bond donors (Lipinski definition) is 2. The molecule has 5 rings (SSSR count). The van der Waals surface area contributed by atoms with Crippen molar-refractivity contribution in [3.63, 3.8) is 0 Å². The van der Waals surface area contributed by atoms with E-state index in [1.807, 2.05) is 12.1 Å². The first-order chi connectivity index (χ1) is 16.3. The highest BCUT2D eigenvalue weighted by Crippen LogP contribution is 2.31. The predicted molar refractivity (Wildman–Crippen MR) is 120 cm³/mol. The fraction of sp³-hybridized carbons (Fsp3) is 0.333. The molecule has 3 heterocycles. The van der Waals surface area contributed by atoms with Crippen LogP contribution in [0.4, 0.5) is 19.0 Å². The van der Waals surface area contributed by atoms with Gasteiger partial charge in [0.25, 0.3) is 5.91 Å². The number of halogens is 3. The smallest absolute Gasteiger partial charge is 0.434 e. The predicted octanol–water partition coefficient (Wildman–Crippen LogP) is 5.26. The number of rotatable bonds is 5. The van der Waals surface area contributed by atoms with Gasteiger partial charge in [-0.2, -0.15) is 13.2 Å². The van der Waals surface area contributed by atoms with E-state index in [4.69, 9.17) is 9.15 Å². The Morgan fingerprint density at radius 1 is 1.12 bits per heavy atom. The molecule has 0 atom stereocenters. The van der Waals surface area contributed by atoms with E-state index in [1.165, 1.54) is 4.40 Å². The molecular formula is C24H23F3N4O3. The van der Waals surface area contributed by atoms with Gasteiger partial charge in [-0.3, -0.25) is 9.20 Å². The van der Waals surface area contributed by atoms with Crippen LogP contribution in [0.1, 0.15) is 41.9 Å². The molecule has 3 aromatic heterocycles. The van der Waals surface area contributed by atoms with Crippen molar-refractivity contribution in [2.45, 2.75) is 43.9 Å². The fourth-order valence-electron chi connectivity index (χ4n) is 4.42. The van der Waals surface area contributed by atoms with Gasteiger partial charge in [0.05, 0.1) is 7.11 Å². The molecule has 0 radical (unpaired) electrons. The standard InChI is InChI=1S/C24H23F3N4O3/c1-33-17-5-2-4-14-12-18(34-22(14)17)23(32)29-16-10-8-15(9-11-16)28-20-6-3-7-21-30-19(13-31(20)21)24(25,26)27/h2-7,12-13,15-16,28H,8-11H2,1H3,(H,29,32)/t15-,16+. The maximum atomic E-state index is 13.0. The van der Waals surface area contributed by atoms with E-state index >= 15 is 0 Å². The van der Waals surface area contributed by atoms with Crippen LogP contribution < -0.4 is 15.4 Å². The third kappa shape index (κ3) is 4.27. The molecule has 34 heavy (non-hydrogen) atoms. The number of ether oxygens (including phenoxy) is 1. The number of para-hydroxylation sites is 1. The average Bonchev–Trinajstić information content (AvgIpc) is 3.45. The van der Waals surface area contributed by atoms with Gasteiger partial charge in [0, 0.05) is 23.7 Å². The number of methoxy groups -OCH3 is 1. The fourth-order valence-corrected chi connectivity index (χ4v) is 4.42. The first-order valence-corrected chi connectivity index (χ1v) is 11.0. The van der Waals surface area contributed by atoms with Crippen LogP contribution in [0.15, 0.2) is 53.1 Å². The maximum absolute atomic E-state index is 13.0. The number of amides is 1. The zero-order chi connectivity index (χ0) is 23.9. The number of aromatic nitrogens is 2. The zero-order valence-electron chi connectivity index (χ0n) is 18.4. The van der Waals surface area contributed by atoms with E-state index in [1.54, 1.807) is 37.4 Å². The van der Waals surface area contributed by atoms with Crippen molar-refractivity contribution in [1.82, 2.24) is 14.7 Å². The van der Waals surface area contributed by atoms with Crippen molar-refractivity contribution in [2.75, 3.05) is 12.4 Å². The number of carbonyl (C=O) groups excluding carboxylic acids is 1. The van der Waals surface area contributed by atoms with Crippen molar-refractivity contribution in [2.24, 2.45) is 0 Å². The molecule has 1 aliphatic rings. The third-order valence-electron chi connectivity index (χ3n) is 6.15. The number of carbonyl (C=O) groups is 1. The molecule has 0 aliphatic heterocycles. The van der Waals surface area contributed by atoms with Crippen LogP contribution in [0.5, 0.6) is 5.75 Å². The minimum atomic E-state index is -4.50. The summed E-state index contributed by atoms with van der Waals surface area (Å²) in [4.78, 5) is 16.4. The van der Waals surface area contributed by atoms with Gasteiger partial charge >= 0.3 is 6.18 Å². The highest BCUT2D eigenvalue weighted by Gasteiger charge is 2.34. The summed E-state index contributed by atoms with van der Waals surface area (Å²) < 4.78 is 51.6. The highest BCUT2D eigenvalue weighted by atomic mass is 19.4. The zero-order valence-corrected chi connectivity index (χ0v) is 18.4. The van der Waals surface area contributed by atoms with Gasteiger partial charge in [-0.25, -0.2) is 4.98 Å². The largest absolute Gasteiger partial charge is 0.493 e. The monoisotopic (exact) mass is 472 g/mol. The van der Waals surface area contributed by atoms with Gasteiger partial charge in [0.1, 0.15) is 11.5 Å². The number of anilines is 1. The van der Waals surface area contributed by atoms with Crippen LogP contribution in [-0.2, 0) is 6.18 Å². The van der Waals surface area contributed by atoms with Gasteiger partial charge < -0.3 is 19.8 Å². The van der Waals surface area contributed by atoms with E-state index in [0.717, 1.165) is 37.3 Å². The molecule has 1 aliphatic carbocycles. The van der Waals surface area contributed by atoms with Gasteiger partial charge in [0.15, 0.2) is 22.8 Å². The topological polar surface area (TPSA) is 80.8 Å². The number of furan rings is 1. The Morgan fingerprint density at radius 2 is 1.85 bits per heavy atom. The number of nitrogens with zero attached hydrogens (tertiary/aromatic N) is 2. The number of pyridine rings is 1. The summed E-state index contributed by atoms with van der Waals surface area (Å²) >= 11 is 0. The first kappa shape index (κ1) is 22.1. The molecular weight excluding hydrogens is 449 g/mol. The molecule has 0 unspecified atom stereocenters. The van der Waals surface area contributed by atoms with Crippen LogP contribution in [0.2, 0.25) is 0 Å². The summed E-state index contributed by atoms with van der Waals surface area (Å²) in [6.45, 7) is 0. The summed E-state index contributed by atoms with van der Waals surface area (Å²) in [7, 11) is 1.55. The lowest BCUT2D eigenvalue weighted by Gasteiger charge is -2.30. The second kappa shape index (κ2) is 8.58. The number of hydrogen-bond acceptors (Lipinski definition) is 5. The van der Waals surface area contributed by atoms with Gasteiger partial charge in [-0.1, -0.05) is 18.2 Å². The Kier molecular flexibility index (Phi) is 5.59.